The zero-order chi connectivity index (χ0) is 42.6. The van der Waals surface area contributed by atoms with E-state index < -0.39 is 11.5 Å². The first-order valence-corrected chi connectivity index (χ1v) is 22.2. The highest BCUT2D eigenvalue weighted by atomic mass is 35.5. The van der Waals surface area contributed by atoms with Gasteiger partial charge in [0.05, 0.1) is 43.2 Å². The summed E-state index contributed by atoms with van der Waals surface area (Å²) >= 11 is 13.3. The average molecular weight is 866 g/mol. The number of halogens is 2. The number of pyridine rings is 1. The van der Waals surface area contributed by atoms with Crippen LogP contribution in [0.1, 0.15) is 92.8 Å². The number of hydrogen-bond acceptors (Lipinski definition) is 9. The van der Waals surface area contributed by atoms with Gasteiger partial charge in [-0.25, -0.2) is 14.8 Å². The summed E-state index contributed by atoms with van der Waals surface area (Å²) in [5, 5.41) is 15.2. The number of carbonyl (C=O) groups is 1. The number of nitrogens with zero attached hydrogens (tertiary/aromatic N) is 3. The highest BCUT2D eigenvalue weighted by Crippen LogP contribution is 2.57. The van der Waals surface area contributed by atoms with E-state index >= 15 is 0 Å². The maximum absolute atomic E-state index is 13.1. The minimum absolute atomic E-state index is 0.249. The molecule has 3 aromatic carbocycles. The number of para-hydroxylation sites is 1. The van der Waals surface area contributed by atoms with E-state index in [0.29, 0.717) is 77.9 Å². The largest absolute Gasteiger partial charge is 0.496 e. The van der Waals surface area contributed by atoms with Gasteiger partial charge < -0.3 is 29.4 Å². The van der Waals surface area contributed by atoms with Gasteiger partial charge in [-0.1, -0.05) is 55.2 Å². The van der Waals surface area contributed by atoms with Crippen LogP contribution in [0.25, 0.3) is 11.4 Å². The lowest BCUT2D eigenvalue weighted by molar-refractivity contribution is -0.144. The number of fused-ring (bicyclic) bond motifs is 3. The molecule has 5 aromatic rings. The van der Waals surface area contributed by atoms with Crippen molar-refractivity contribution in [1.29, 1.82) is 0 Å². The quantitative estimate of drug-likeness (QED) is 0.0926. The summed E-state index contributed by atoms with van der Waals surface area (Å²) in [6.07, 6.45) is 10.9. The van der Waals surface area contributed by atoms with Gasteiger partial charge in [-0.15, -0.1) is 0 Å². The van der Waals surface area contributed by atoms with Crippen LogP contribution in [-0.4, -0.2) is 58.5 Å². The smallest absolute Gasteiger partial charge is 0.329 e. The predicted molar refractivity (Wildman–Crippen MR) is 238 cm³/mol. The second-order valence-corrected chi connectivity index (χ2v) is 18.0. The number of carboxylic acid groups (broad SMARTS) is 1. The van der Waals surface area contributed by atoms with E-state index in [1.807, 2.05) is 54.7 Å². The molecule has 2 N–H and O–H groups in total. The minimum atomic E-state index is -1.13. The lowest BCUT2D eigenvalue weighted by Gasteiger charge is -2.47. The third-order valence-electron chi connectivity index (χ3n) is 13.1. The summed E-state index contributed by atoms with van der Waals surface area (Å²) in [7, 11) is 1.63. The van der Waals surface area contributed by atoms with Crippen LogP contribution in [0.2, 0.25) is 10.0 Å². The van der Waals surface area contributed by atoms with Crippen LogP contribution in [-0.2, 0) is 34.4 Å². The molecule has 1 unspecified atom stereocenters. The molecule has 0 saturated heterocycles. The summed E-state index contributed by atoms with van der Waals surface area (Å²) in [5.41, 5.74) is 5.68. The Bertz CT molecular complexity index is 2350. The first kappa shape index (κ1) is 42.8. The topological polar surface area (TPSA) is 125 Å². The van der Waals surface area contributed by atoms with Crippen molar-refractivity contribution in [2.24, 2.45) is 11.8 Å². The Kier molecular flexibility index (Phi) is 13.0. The van der Waals surface area contributed by atoms with Gasteiger partial charge >= 0.3 is 5.97 Å². The van der Waals surface area contributed by atoms with Crippen LogP contribution in [0.3, 0.4) is 0 Å². The number of benzene rings is 3. The molecule has 0 radical (unpaired) electrons. The first-order chi connectivity index (χ1) is 29.6. The SMILES string of the molecule is COc1ccccc1-c1nccc(COCCOc2cc3c(cc2Cl)CC(C[C@@H](C)COc2ccnc4c2[C@H](C)CCC4)C32CCC(Nc3cccc(Cl)c3)(C(=O)O)CC2)n1. The second kappa shape index (κ2) is 18.6. The van der Waals surface area contributed by atoms with Crippen molar-refractivity contribution < 1.29 is 28.8 Å². The van der Waals surface area contributed by atoms with Gasteiger partial charge in [0.2, 0.25) is 0 Å². The molecule has 8 rings (SSSR count). The number of nitrogens with one attached hydrogen (secondary N) is 1. The van der Waals surface area contributed by atoms with E-state index in [1.165, 1.54) is 16.7 Å². The average Bonchev–Trinajstić information content (AvgIpc) is 3.53. The van der Waals surface area contributed by atoms with Crippen molar-refractivity contribution in [3.8, 4) is 28.6 Å². The lowest BCUT2D eigenvalue weighted by Crippen LogP contribution is -2.53. The van der Waals surface area contributed by atoms with Gasteiger partial charge in [-0.2, -0.15) is 0 Å². The van der Waals surface area contributed by atoms with Crippen molar-refractivity contribution in [1.82, 2.24) is 15.0 Å². The Balaban J connectivity index is 0.979. The van der Waals surface area contributed by atoms with Gasteiger partial charge in [-0.3, -0.25) is 4.98 Å². The number of methoxy groups -OCH3 is 1. The third kappa shape index (κ3) is 9.18. The van der Waals surface area contributed by atoms with E-state index in [-0.39, 0.29) is 30.5 Å². The van der Waals surface area contributed by atoms with Crippen LogP contribution in [0.5, 0.6) is 17.2 Å². The molecule has 0 amide bonds. The molecule has 0 aliphatic heterocycles. The number of ether oxygens (including phenoxy) is 4. The Labute approximate surface area is 368 Å². The highest BCUT2D eigenvalue weighted by Gasteiger charge is 2.54. The summed E-state index contributed by atoms with van der Waals surface area (Å²) in [5.74, 6) is 2.91. The molecule has 2 aromatic heterocycles. The van der Waals surface area contributed by atoms with Crippen molar-refractivity contribution in [3.05, 3.63) is 123 Å². The number of aromatic nitrogens is 3. The third-order valence-corrected chi connectivity index (χ3v) is 13.7. The van der Waals surface area contributed by atoms with Crippen molar-refractivity contribution in [3.63, 3.8) is 0 Å². The molecule has 0 bridgehead atoms. The fraction of sp³-hybridized carbons (Fsp3) is 0.429. The molecule has 10 nitrogen and oxygen atoms in total. The Morgan fingerprint density at radius 2 is 1.75 bits per heavy atom. The minimum Gasteiger partial charge on any atom is -0.496 e. The van der Waals surface area contributed by atoms with Gasteiger partial charge in [-0.05, 0) is 147 Å². The molecule has 1 fully saturated rings. The first-order valence-electron chi connectivity index (χ1n) is 21.4. The van der Waals surface area contributed by atoms with Crippen LogP contribution < -0.4 is 19.5 Å². The van der Waals surface area contributed by atoms with Gasteiger partial charge in [0.25, 0.3) is 0 Å². The maximum atomic E-state index is 13.1. The molecule has 2 heterocycles. The molecule has 3 aliphatic carbocycles. The number of hydrogen-bond donors (Lipinski definition) is 2. The van der Waals surface area contributed by atoms with Crippen molar-refractivity contribution in [2.75, 3.05) is 32.2 Å². The van der Waals surface area contributed by atoms with E-state index in [0.717, 1.165) is 54.8 Å². The van der Waals surface area contributed by atoms with Crippen LogP contribution >= 0.6 is 23.2 Å². The zero-order valence-electron chi connectivity index (χ0n) is 35.1. The molecule has 3 atom stereocenters. The zero-order valence-corrected chi connectivity index (χ0v) is 36.6. The fourth-order valence-electron chi connectivity index (χ4n) is 10.0. The van der Waals surface area contributed by atoms with Crippen LogP contribution in [0.15, 0.2) is 85.2 Å². The van der Waals surface area contributed by atoms with Crippen molar-refractivity contribution in [2.45, 2.75) is 95.1 Å². The number of carboxylic acids is 1. The standard InChI is InChI=1S/C49H54Cl2N4O6/c1-31(29-61-43-15-21-52-41-12-6-8-32(2)45(41)43)24-34-25-33-26-40(51)44(60-23-22-59-30-37-14-20-53-46(54-37)38-11-4-5-13-42(38)58-3)28-39(33)48(34)16-18-49(19-17-48,47(56)57)55-36-10-7-9-35(50)27-36/h4-5,7,9-11,13-15,20-21,26-28,31-32,34,55H,6,8,12,16-19,22-25,29-30H2,1-3H3,(H,56,57)/t31-,32-,34?,48?,49?/m1/s1. The molecular weight excluding hydrogens is 811 g/mol. The molecule has 3 aliphatic rings. The predicted octanol–water partition coefficient (Wildman–Crippen LogP) is 10.9. The molecule has 320 valence electrons. The number of aryl methyl sites for hydroxylation is 1. The number of aliphatic carboxylic acids is 1. The fourth-order valence-corrected chi connectivity index (χ4v) is 10.5. The maximum Gasteiger partial charge on any atom is 0.329 e. The molecular formula is C49H54Cl2N4O6. The van der Waals surface area contributed by atoms with Gasteiger partial charge in [0, 0.05) is 34.4 Å². The van der Waals surface area contributed by atoms with E-state index in [1.54, 1.807) is 25.4 Å². The summed E-state index contributed by atoms with van der Waals surface area (Å²) < 4.78 is 24.4. The van der Waals surface area contributed by atoms with E-state index in [4.69, 9.17) is 47.1 Å². The number of anilines is 1. The van der Waals surface area contributed by atoms with Crippen molar-refractivity contribution >= 4 is 34.9 Å². The highest BCUT2D eigenvalue weighted by molar-refractivity contribution is 6.32. The Morgan fingerprint density at radius 1 is 0.934 bits per heavy atom. The van der Waals surface area contributed by atoms with Gasteiger partial charge in [0.15, 0.2) is 5.82 Å². The Morgan fingerprint density at radius 3 is 2.56 bits per heavy atom. The Hall–Kier alpha value is -4.90. The molecule has 1 spiro atoms. The summed E-state index contributed by atoms with van der Waals surface area (Å²) in [6.45, 7) is 6.02. The monoisotopic (exact) mass is 864 g/mol. The lowest BCUT2D eigenvalue weighted by atomic mass is 9.59. The number of rotatable bonds is 16. The van der Waals surface area contributed by atoms with Crippen LogP contribution in [0.4, 0.5) is 5.69 Å². The van der Waals surface area contributed by atoms with Crippen LogP contribution in [0, 0.1) is 11.8 Å². The molecule has 61 heavy (non-hydrogen) atoms. The molecule has 12 heteroatoms. The summed E-state index contributed by atoms with van der Waals surface area (Å²) in [4.78, 5) is 26.9. The van der Waals surface area contributed by atoms with E-state index in [2.05, 4.69) is 41.3 Å². The normalized spacial score (nSPS) is 22.2. The van der Waals surface area contributed by atoms with E-state index in [9.17, 15) is 9.90 Å². The summed E-state index contributed by atoms with van der Waals surface area (Å²) in [6, 6.07) is 23.0. The van der Waals surface area contributed by atoms with Gasteiger partial charge in [0.1, 0.15) is 29.4 Å². The second-order valence-electron chi connectivity index (χ2n) is 17.1. The molecule has 1 saturated carbocycles.